The lowest BCUT2D eigenvalue weighted by atomic mass is 10.1. The molecule has 36 heavy (non-hydrogen) atoms. The third-order valence-corrected chi connectivity index (χ3v) is 9.21. The Kier molecular flexibility index (Phi) is 6.80. The van der Waals surface area contributed by atoms with Crippen molar-refractivity contribution in [2.75, 3.05) is 25.5 Å². The molecule has 0 spiro atoms. The first-order chi connectivity index (χ1) is 17.3. The van der Waals surface area contributed by atoms with Crippen LogP contribution >= 0.6 is 0 Å². The summed E-state index contributed by atoms with van der Waals surface area (Å²) in [7, 11) is -1.45. The number of piperidine rings is 1. The van der Waals surface area contributed by atoms with Gasteiger partial charge in [-0.1, -0.05) is 12.1 Å². The second-order valence-corrected chi connectivity index (χ2v) is 11.9. The van der Waals surface area contributed by atoms with Gasteiger partial charge in [0.1, 0.15) is 6.17 Å². The van der Waals surface area contributed by atoms with E-state index in [9.17, 15) is 12.8 Å². The Balaban J connectivity index is 1.31. The number of halogens is 1. The molecular formula is C25H32FN7O2S. The molecule has 2 aliphatic rings. The van der Waals surface area contributed by atoms with Crippen LogP contribution in [0.4, 0.5) is 10.3 Å². The van der Waals surface area contributed by atoms with E-state index in [1.807, 2.05) is 24.9 Å². The topological polar surface area (TPSA) is 105 Å². The Labute approximate surface area is 211 Å². The van der Waals surface area contributed by atoms with Gasteiger partial charge in [-0.3, -0.25) is 0 Å². The van der Waals surface area contributed by atoms with Crippen LogP contribution in [-0.2, 0) is 16.6 Å². The molecular weight excluding hydrogens is 481 g/mol. The van der Waals surface area contributed by atoms with Crippen LogP contribution in [0.5, 0.6) is 0 Å². The lowest BCUT2D eigenvalue weighted by molar-refractivity contribution is 0.185. The Morgan fingerprint density at radius 3 is 2.64 bits per heavy atom. The van der Waals surface area contributed by atoms with Crippen LogP contribution in [0.1, 0.15) is 36.0 Å². The molecule has 1 aromatic carbocycles. The number of benzene rings is 1. The van der Waals surface area contributed by atoms with Gasteiger partial charge in [0.05, 0.1) is 28.9 Å². The lowest BCUT2D eigenvalue weighted by Gasteiger charge is -2.34. The minimum atomic E-state index is -3.37. The van der Waals surface area contributed by atoms with E-state index in [1.54, 1.807) is 12.4 Å². The highest BCUT2D eigenvalue weighted by molar-refractivity contribution is 7.90. The summed E-state index contributed by atoms with van der Waals surface area (Å²) < 4.78 is 43.0. The average Bonchev–Trinajstić information content (AvgIpc) is 3.61. The van der Waals surface area contributed by atoms with E-state index in [-0.39, 0.29) is 11.8 Å². The van der Waals surface area contributed by atoms with Crippen LogP contribution in [0.25, 0.3) is 16.9 Å². The summed E-state index contributed by atoms with van der Waals surface area (Å²) in [5.41, 5.74) is 5.73. The highest BCUT2D eigenvalue weighted by Gasteiger charge is 2.43. The highest BCUT2D eigenvalue weighted by Crippen LogP contribution is 2.33. The number of aromatic nitrogens is 4. The van der Waals surface area contributed by atoms with Gasteiger partial charge in [0, 0.05) is 37.6 Å². The third kappa shape index (κ3) is 5.00. The Bertz CT molecular complexity index is 1360. The van der Waals surface area contributed by atoms with Gasteiger partial charge in [-0.25, -0.2) is 27.5 Å². The second kappa shape index (κ2) is 9.87. The van der Waals surface area contributed by atoms with Gasteiger partial charge >= 0.3 is 0 Å². The van der Waals surface area contributed by atoms with Gasteiger partial charge < -0.3 is 10.6 Å². The summed E-state index contributed by atoms with van der Waals surface area (Å²) >= 11 is 0. The zero-order chi connectivity index (χ0) is 25.4. The Morgan fingerprint density at radius 1 is 1.14 bits per heavy atom. The summed E-state index contributed by atoms with van der Waals surface area (Å²) in [5, 5.41) is 10.5. The summed E-state index contributed by atoms with van der Waals surface area (Å²) in [5.74, 6) is 0.321. The first-order valence-electron chi connectivity index (χ1n) is 12.3. The monoisotopic (exact) mass is 513 g/mol. The van der Waals surface area contributed by atoms with Crippen LogP contribution in [0.3, 0.4) is 0 Å². The zero-order valence-corrected chi connectivity index (χ0v) is 21.6. The Morgan fingerprint density at radius 2 is 1.94 bits per heavy atom. The standard InChI is InChI=1S/C25H32FN7O2S/c1-16-10-18(12-27-3)4-7-23(16)33-14-19(13-29-33)24-17(2)11-28-25(31-24)30-22-8-9-32(15-21(22)26)36(34,35)20-5-6-20/h4,7,10-11,13-14,20-22,27H,5-6,8-9,12,15H2,1-3H3,(H,28,30,31)/t21-,22+/m1/s1. The van der Waals surface area contributed by atoms with E-state index in [1.165, 1.54) is 9.87 Å². The average molecular weight is 514 g/mol. The molecule has 2 aromatic heterocycles. The quantitative estimate of drug-likeness (QED) is 0.477. The fraction of sp³-hybridized carbons (Fsp3) is 0.480. The maximum Gasteiger partial charge on any atom is 0.223 e. The number of alkyl halides is 1. The first kappa shape index (κ1) is 24.8. The third-order valence-electron chi connectivity index (χ3n) is 6.84. The van der Waals surface area contributed by atoms with Gasteiger partial charge in [-0.05, 0) is 62.9 Å². The maximum atomic E-state index is 15.0. The number of hydrogen-bond acceptors (Lipinski definition) is 7. The molecule has 2 N–H and O–H groups in total. The molecule has 9 nitrogen and oxygen atoms in total. The molecule has 2 fully saturated rings. The number of sulfonamides is 1. The summed E-state index contributed by atoms with van der Waals surface area (Å²) in [4.78, 5) is 9.01. The summed E-state index contributed by atoms with van der Waals surface area (Å²) in [6.07, 6.45) is 5.78. The first-order valence-corrected chi connectivity index (χ1v) is 13.8. The number of rotatable bonds is 8. The lowest BCUT2D eigenvalue weighted by Crippen LogP contribution is -2.50. The van der Waals surface area contributed by atoms with Crippen molar-refractivity contribution in [3.05, 3.63) is 53.5 Å². The van der Waals surface area contributed by atoms with Crippen molar-refractivity contribution in [1.82, 2.24) is 29.4 Å². The molecule has 0 amide bonds. The van der Waals surface area contributed by atoms with Crippen molar-refractivity contribution in [2.45, 2.75) is 57.1 Å². The molecule has 2 atom stereocenters. The van der Waals surface area contributed by atoms with Crippen LogP contribution in [0, 0.1) is 13.8 Å². The van der Waals surface area contributed by atoms with Gasteiger partial charge in [0.2, 0.25) is 16.0 Å². The normalized spacial score (nSPS) is 21.0. The molecule has 1 aliphatic carbocycles. The van der Waals surface area contributed by atoms with E-state index in [2.05, 4.69) is 50.8 Å². The largest absolute Gasteiger partial charge is 0.348 e. The van der Waals surface area contributed by atoms with Gasteiger partial charge in [0.15, 0.2) is 0 Å². The minimum absolute atomic E-state index is 0.131. The van der Waals surface area contributed by atoms with Crippen molar-refractivity contribution >= 4 is 16.0 Å². The summed E-state index contributed by atoms with van der Waals surface area (Å²) in [6.45, 7) is 4.95. The molecule has 1 aliphatic heterocycles. The molecule has 5 rings (SSSR count). The van der Waals surface area contributed by atoms with Crippen LogP contribution in [0.15, 0.2) is 36.8 Å². The fourth-order valence-corrected chi connectivity index (χ4v) is 6.55. The van der Waals surface area contributed by atoms with Crippen molar-refractivity contribution in [3.8, 4) is 16.9 Å². The predicted molar refractivity (Wildman–Crippen MR) is 137 cm³/mol. The van der Waals surface area contributed by atoms with Crippen molar-refractivity contribution < 1.29 is 12.8 Å². The Hall–Kier alpha value is -2.89. The molecule has 3 aromatic rings. The SMILES string of the molecule is CNCc1ccc(-n2cc(-c3nc(N[C@H]4CCN(S(=O)(=O)C5CC5)C[C@H]4F)ncc3C)cn2)c(C)c1. The maximum absolute atomic E-state index is 15.0. The zero-order valence-electron chi connectivity index (χ0n) is 20.8. The van der Waals surface area contributed by atoms with Gasteiger partial charge in [-0.15, -0.1) is 0 Å². The van der Waals surface area contributed by atoms with Crippen molar-refractivity contribution in [1.29, 1.82) is 0 Å². The van der Waals surface area contributed by atoms with Crippen LogP contribution in [0.2, 0.25) is 0 Å². The van der Waals surface area contributed by atoms with Crippen LogP contribution in [-0.4, -0.2) is 70.1 Å². The highest BCUT2D eigenvalue weighted by atomic mass is 32.2. The predicted octanol–water partition coefficient (Wildman–Crippen LogP) is 2.98. The molecule has 1 saturated heterocycles. The van der Waals surface area contributed by atoms with E-state index in [0.29, 0.717) is 37.4 Å². The molecule has 0 unspecified atom stereocenters. The number of anilines is 1. The van der Waals surface area contributed by atoms with E-state index < -0.39 is 22.2 Å². The molecule has 0 bridgehead atoms. The minimum Gasteiger partial charge on any atom is -0.348 e. The van der Waals surface area contributed by atoms with E-state index in [0.717, 1.165) is 28.9 Å². The molecule has 3 heterocycles. The van der Waals surface area contributed by atoms with Gasteiger partial charge in [0.25, 0.3) is 0 Å². The van der Waals surface area contributed by atoms with Gasteiger partial charge in [-0.2, -0.15) is 9.40 Å². The smallest absolute Gasteiger partial charge is 0.223 e. The van der Waals surface area contributed by atoms with Crippen molar-refractivity contribution in [3.63, 3.8) is 0 Å². The molecule has 1 saturated carbocycles. The van der Waals surface area contributed by atoms with E-state index >= 15 is 0 Å². The number of nitrogens with zero attached hydrogens (tertiary/aromatic N) is 5. The summed E-state index contributed by atoms with van der Waals surface area (Å²) in [6, 6.07) is 5.72. The fourth-order valence-electron chi connectivity index (χ4n) is 4.68. The second-order valence-electron chi connectivity index (χ2n) is 9.71. The molecule has 0 radical (unpaired) electrons. The van der Waals surface area contributed by atoms with Crippen LogP contribution < -0.4 is 10.6 Å². The number of nitrogens with one attached hydrogen (secondary N) is 2. The number of hydrogen-bond donors (Lipinski definition) is 2. The molecule has 11 heteroatoms. The van der Waals surface area contributed by atoms with Crippen molar-refractivity contribution in [2.24, 2.45) is 0 Å². The van der Waals surface area contributed by atoms with E-state index in [4.69, 9.17) is 0 Å². The molecule has 192 valence electrons. The number of aryl methyl sites for hydroxylation is 2.